The van der Waals surface area contributed by atoms with Gasteiger partial charge in [0.1, 0.15) is 0 Å². The molecule has 6 heteroatoms. The summed E-state index contributed by atoms with van der Waals surface area (Å²) in [4.78, 5) is 28.0. The minimum absolute atomic E-state index is 0.221. The van der Waals surface area contributed by atoms with Crippen LogP contribution in [-0.2, 0) is 9.59 Å². The van der Waals surface area contributed by atoms with E-state index in [9.17, 15) is 14.7 Å². The van der Waals surface area contributed by atoms with Crippen LogP contribution in [0.4, 0.5) is 5.13 Å². The number of anilines is 1. The number of nitrogens with one attached hydrogen (secondary N) is 1. The molecular formula is C15H16N2O3S. The first kappa shape index (κ1) is 14.0. The highest BCUT2D eigenvalue weighted by atomic mass is 32.1. The summed E-state index contributed by atoms with van der Waals surface area (Å²) in [7, 11) is 0. The van der Waals surface area contributed by atoms with Crippen LogP contribution in [0.5, 0.6) is 0 Å². The molecule has 1 aromatic carbocycles. The monoisotopic (exact) mass is 304 g/mol. The molecule has 1 saturated carbocycles. The number of nitrogens with zero attached hydrogens (tertiary/aromatic N) is 1. The lowest BCUT2D eigenvalue weighted by atomic mass is 9.79. The third-order valence-corrected chi connectivity index (χ3v) is 4.90. The Balaban J connectivity index is 1.76. The maximum atomic E-state index is 12.4. The number of benzene rings is 1. The molecule has 0 bridgehead atoms. The molecule has 2 unspecified atom stereocenters. The third-order valence-electron chi connectivity index (χ3n) is 3.94. The number of fused-ring (bicyclic) bond motifs is 1. The summed E-state index contributed by atoms with van der Waals surface area (Å²) < 4.78 is 1.01. The second-order valence-electron chi connectivity index (χ2n) is 5.31. The van der Waals surface area contributed by atoms with Gasteiger partial charge in [-0.1, -0.05) is 36.3 Å². The van der Waals surface area contributed by atoms with Crippen LogP contribution >= 0.6 is 11.3 Å². The van der Waals surface area contributed by atoms with Crippen molar-refractivity contribution in [3.63, 3.8) is 0 Å². The number of hydrogen-bond donors (Lipinski definition) is 2. The Bertz CT molecular complexity index is 649. The van der Waals surface area contributed by atoms with Gasteiger partial charge in [-0.25, -0.2) is 4.98 Å². The Labute approximate surface area is 126 Å². The van der Waals surface area contributed by atoms with Gasteiger partial charge in [-0.05, 0) is 25.0 Å². The number of amides is 1. The molecule has 5 nitrogen and oxygen atoms in total. The van der Waals surface area contributed by atoms with Crippen LogP contribution in [0.2, 0.25) is 0 Å². The lowest BCUT2D eigenvalue weighted by Gasteiger charge is -2.26. The lowest BCUT2D eigenvalue weighted by molar-refractivity contribution is -0.147. The quantitative estimate of drug-likeness (QED) is 0.913. The van der Waals surface area contributed by atoms with Gasteiger partial charge >= 0.3 is 5.97 Å². The van der Waals surface area contributed by atoms with Gasteiger partial charge in [0.2, 0.25) is 5.91 Å². The van der Waals surface area contributed by atoms with Crippen LogP contribution in [0.3, 0.4) is 0 Å². The SMILES string of the molecule is O=C(O)C1CCCCC1C(=O)Nc1nc2ccccc2s1. The van der Waals surface area contributed by atoms with E-state index in [4.69, 9.17) is 0 Å². The van der Waals surface area contributed by atoms with E-state index in [1.165, 1.54) is 11.3 Å². The predicted molar refractivity (Wildman–Crippen MR) is 81.3 cm³/mol. The molecule has 2 N–H and O–H groups in total. The summed E-state index contributed by atoms with van der Waals surface area (Å²) in [6, 6.07) is 7.66. The molecular weight excluding hydrogens is 288 g/mol. The number of hydrogen-bond acceptors (Lipinski definition) is 4. The Hall–Kier alpha value is -1.95. The molecule has 1 aliphatic rings. The fourth-order valence-corrected chi connectivity index (χ4v) is 3.73. The second kappa shape index (κ2) is 5.81. The van der Waals surface area contributed by atoms with Crippen LogP contribution in [0.1, 0.15) is 25.7 Å². The molecule has 0 radical (unpaired) electrons. The van der Waals surface area contributed by atoms with E-state index in [0.29, 0.717) is 18.0 Å². The van der Waals surface area contributed by atoms with Crippen LogP contribution < -0.4 is 5.32 Å². The number of aliphatic carboxylic acids is 1. The minimum atomic E-state index is -0.876. The van der Waals surface area contributed by atoms with E-state index < -0.39 is 17.8 Å². The van der Waals surface area contributed by atoms with Crippen molar-refractivity contribution in [2.45, 2.75) is 25.7 Å². The highest BCUT2D eigenvalue weighted by Crippen LogP contribution is 2.32. The fraction of sp³-hybridized carbons (Fsp3) is 0.400. The van der Waals surface area contributed by atoms with Crippen molar-refractivity contribution in [1.29, 1.82) is 0 Å². The first-order chi connectivity index (χ1) is 10.1. The fourth-order valence-electron chi connectivity index (χ4n) is 2.86. The first-order valence-electron chi connectivity index (χ1n) is 7.04. The molecule has 1 amide bonds. The second-order valence-corrected chi connectivity index (χ2v) is 6.34. The topological polar surface area (TPSA) is 79.3 Å². The third kappa shape index (κ3) is 2.90. The molecule has 2 atom stereocenters. The molecule has 2 aromatic rings. The molecule has 1 aliphatic carbocycles. The molecule has 0 aliphatic heterocycles. The van der Waals surface area contributed by atoms with Gasteiger partial charge in [-0.15, -0.1) is 0 Å². The molecule has 110 valence electrons. The molecule has 21 heavy (non-hydrogen) atoms. The van der Waals surface area contributed by atoms with Crippen molar-refractivity contribution in [2.24, 2.45) is 11.8 Å². The zero-order valence-corrected chi connectivity index (χ0v) is 12.2. The minimum Gasteiger partial charge on any atom is -0.481 e. The van der Waals surface area contributed by atoms with Crippen LogP contribution in [0.15, 0.2) is 24.3 Å². The maximum absolute atomic E-state index is 12.4. The number of aromatic nitrogens is 1. The number of carbonyl (C=O) groups excluding carboxylic acids is 1. The molecule has 3 rings (SSSR count). The summed E-state index contributed by atoms with van der Waals surface area (Å²) in [5, 5.41) is 12.6. The van der Waals surface area contributed by atoms with Crippen LogP contribution in [0.25, 0.3) is 10.2 Å². The Morgan fingerprint density at radius 2 is 1.90 bits per heavy atom. The van der Waals surface area contributed by atoms with Crippen molar-refractivity contribution in [2.75, 3.05) is 5.32 Å². The van der Waals surface area contributed by atoms with Crippen molar-refractivity contribution in [3.8, 4) is 0 Å². The number of para-hydroxylation sites is 1. The summed E-state index contributed by atoms with van der Waals surface area (Å²) in [5.41, 5.74) is 0.844. The van der Waals surface area contributed by atoms with Gasteiger partial charge < -0.3 is 10.4 Å². The van der Waals surface area contributed by atoms with E-state index in [1.54, 1.807) is 0 Å². The standard InChI is InChI=1S/C15H16N2O3S/c18-13(9-5-1-2-6-10(9)14(19)20)17-15-16-11-7-3-4-8-12(11)21-15/h3-4,7-10H,1-2,5-6H2,(H,19,20)(H,16,17,18). The lowest BCUT2D eigenvalue weighted by Crippen LogP contribution is -2.36. The Kier molecular flexibility index (Phi) is 3.88. The predicted octanol–water partition coefficient (Wildman–Crippen LogP) is 3.13. The first-order valence-corrected chi connectivity index (χ1v) is 7.86. The molecule has 0 spiro atoms. The van der Waals surface area contributed by atoms with Crippen molar-refractivity contribution >= 4 is 38.6 Å². The highest BCUT2D eigenvalue weighted by molar-refractivity contribution is 7.22. The smallest absolute Gasteiger partial charge is 0.307 e. The number of rotatable bonds is 3. The number of carboxylic acids is 1. The number of carboxylic acid groups (broad SMARTS) is 1. The summed E-state index contributed by atoms with van der Waals surface area (Å²) in [6.45, 7) is 0. The van der Waals surface area contributed by atoms with Crippen molar-refractivity contribution in [1.82, 2.24) is 4.98 Å². The average Bonchev–Trinajstić information content (AvgIpc) is 2.89. The van der Waals surface area contributed by atoms with Gasteiger partial charge in [-0.2, -0.15) is 0 Å². The normalized spacial score (nSPS) is 22.1. The average molecular weight is 304 g/mol. The zero-order chi connectivity index (χ0) is 14.8. The summed E-state index contributed by atoms with van der Waals surface area (Å²) in [5.74, 6) is -2.13. The zero-order valence-electron chi connectivity index (χ0n) is 11.4. The van der Waals surface area contributed by atoms with Gasteiger partial charge in [0.25, 0.3) is 0 Å². The van der Waals surface area contributed by atoms with Gasteiger partial charge in [0.05, 0.1) is 22.1 Å². The number of carbonyl (C=O) groups is 2. The summed E-state index contributed by atoms with van der Waals surface area (Å²) >= 11 is 1.41. The highest BCUT2D eigenvalue weighted by Gasteiger charge is 2.35. The van der Waals surface area contributed by atoms with Crippen molar-refractivity contribution in [3.05, 3.63) is 24.3 Å². The van der Waals surface area contributed by atoms with Crippen molar-refractivity contribution < 1.29 is 14.7 Å². The van der Waals surface area contributed by atoms with Gasteiger partial charge in [-0.3, -0.25) is 9.59 Å². The van der Waals surface area contributed by atoms with Gasteiger partial charge in [0.15, 0.2) is 5.13 Å². The molecule has 1 aromatic heterocycles. The van der Waals surface area contributed by atoms with E-state index in [-0.39, 0.29) is 5.91 Å². The maximum Gasteiger partial charge on any atom is 0.307 e. The largest absolute Gasteiger partial charge is 0.481 e. The van der Waals surface area contributed by atoms with Crippen LogP contribution in [-0.4, -0.2) is 22.0 Å². The Morgan fingerprint density at radius 3 is 2.62 bits per heavy atom. The van der Waals surface area contributed by atoms with E-state index in [2.05, 4.69) is 10.3 Å². The Morgan fingerprint density at radius 1 is 1.19 bits per heavy atom. The van der Waals surface area contributed by atoms with E-state index in [0.717, 1.165) is 23.1 Å². The molecule has 0 saturated heterocycles. The van der Waals surface area contributed by atoms with Crippen LogP contribution in [0, 0.1) is 11.8 Å². The van der Waals surface area contributed by atoms with Gasteiger partial charge in [0, 0.05) is 0 Å². The van der Waals surface area contributed by atoms with E-state index >= 15 is 0 Å². The summed E-state index contributed by atoms with van der Waals surface area (Å²) in [6.07, 6.45) is 2.99. The number of thiazole rings is 1. The van der Waals surface area contributed by atoms with E-state index in [1.807, 2.05) is 24.3 Å². The molecule has 1 heterocycles. The molecule has 1 fully saturated rings.